The number of rotatable bonds is 6. The highest BCUT2D eigenvalue weighted by Gasteiger charge is 2.18. The fraction of sp³-hybridized carbons (Fsp3) is 0.0455. The number of hydrogen-bond acceptors (Lipinski definition) is 3. The van der Waals surface area contributed by atoms with Gasteiger partial charge in [-0.1, -0.05) is 78.9 Å². The second-order valence-corrected chi connectivity index (χ2v) is 12.2. The summed E-state index contributed by atoms with van der Waals surface area (Å²) in [5.41, 5.74) is 8.77. The molecule has 0 spiro atoms. The van der Waals surface area contributed by atoms with E-state index in [9.17, 15) is 0 Å². The first-order valence-electron chi connectivity index (χ1n) is 16.2. The molecule has 0 radical (unpaired) electrons. The molecule has 0 amide bonds. The highest BCUT2D eigenvalue weighted by atomic mass is 16.3. The fourth-order valence-corrected chi connectivity index (χ4v) is 6.95. The van der Waals surface area contributed by atoms with Gasteiger partial charge in [0.2, 0.25) is 0 Å². The molecule has 8 aromatic rings. The normalized spacial score (nSPS) is 13.0. The van der Waals surface area contributed by atoms with Gasteiger partial charge in [0, 0.05) is 44.9 Å². The Bertz CT molecular complexity index is 2420. The summed E-state index contributed by atoms with van der Waals surface area (Å²) in [5.74, 6) is 0. The van der Waals surface area contributed by atoms with E-state index < -0.39 is 0 Å². The molecule has 0 unspecified atom stereocenters. The molecule has 3 heteroatoms. The summed E-state index contributed by atoms with van der Waals surface area (Å²) in [6, 6.07) is 54.1. The number of furan rings is 1. The predicted molar refractivity (Wildman–Crippen MR) is 198 cm³/mol. The molecule has 9 rings (SSSR count). The van der Waals surface area contributed by atoms with E-state index in [1.807, 2.05) is 0 Å². The molecule has 1 aromatic heterocycles. The lowest BCUT2D eigenvalue weighted by Crippen LogP contribution is -2.17. The van der Waals surface area contributed by atoms with Crippen LogP contribution in [0.2, 0.25) is 0 Å². The Labute approximate surface area is 273 Å². The molecular formula is C44H32N2O. The lowest BCUT2D eigenvalue weighted by Gasteiger charge is -2.29. The van der Waals surface area contributed by atoms with E-state index in [0.29, 0.717) is 0 Å². The molecule has 7 aromatic carbocycles. The van der Waals surface area contributed by atoms with Crippen molar-refractivity contribution in [3.8, 4) is 0 Å². The Balaban J connectivity index is 1.15. The Morgan fingerprint density at radius 1 is 0.426 bits per heavy atom. The number of allylic oxidation sites excluding steroid dienone is 4. The van der Waals surface area contributed by atoms with Gasteiger partial charge in [0.15, 0.2) is 0 Å². The molecule has 0 saturated carbocycles. The molecule has 1 aliphatic rings. The van der Waals surface area contributed by atoms with Crippen LogP contribution >= 0.6 is 0 Å². The second-order valence-electron chi connectivity index (χ2n) is 12.2. The molecule has 3 nitrogen and oxygen atoms in total. The zero-order valence-corrected chi connectivity index (χ0v) is 25.9. The minimum Gasteiger partial charge on any atom is -0.456 e. The van der Waals surface area contributed by atoms with Gasteiger partial charge in [0.25, 0.3) is 0 Å². The van der Waals surface area contributed by atoms with Crippen molar-refractivity contribution in [2.45, 2.75) is 12.8 Å². The summed E-state index contributed by atoms with van der Waals surface area (Å²) in [5, 5.41) is 6.97. The third-order valence-electron chi connectivity index (χ3n) is 9.19. The predicted octanol–water partition coefficient (Wildman–Crippen LogP) is 12.7. The van der Waals surface area contributed by atoms with Crippen LogP contribution in [0, 0.1) is 0 Å². The zero-order chi connectivity index (χ0) is 31.2. The minimum atomic E-state index is 0.899. The molecule has 0 bridgehead atoms. The Kier molecular flexibility index (Phi) is 6.60. The van der Waals surface area contributed by atoms with Gasteiger partial charge >= 0.3 is 0 Å². The van der Waals surface area contributed by atoms with Gasteiger partial charge in [-0.2, -0.15) is 0 Å². The Morgan fingerprint density at radius 2 is 0.915 bits per heavy atom. The first-order chi connectivity index (χ1) is 23.3. The van der Waals surface area contributed by atoms with E-state index in [1.54, 1.807) is 0 Å². The number of para-hydroxylation sites is 3. The quantitative estimate of drug-likeness (QED) is 0.188. The molecule has 1 heterocycles. The van der Waals surface area contributed by atoms with E-state index in [2.05, 4.69) is 180 Å². The van der Waals surface area contributed by atoms with E-state index >= 15 is 0 Å². The van der Waals surface area contributed by atoms with Crippen LogP contribution in [0.25, 0.3) is 43.5 Å². The topological polar surface area (TPSA) is 19.6 Å². The van der Waals surface area contributed by atoms with Crippen LogP contribution in [0.15, 0.2) is 180 Å². The Morgan fingerprint density at radius 3 is 1.40 bits per heavy atom. The van der Waals surface area contributed by atoms with Gasteiger partial charge < -0.3 is 14.2 Å². The van der Waals surface area contributed by atoms with Crippen molar-refractivity contribution < 1.29 is 4.42 Å². The van der Waals surface area contributed by atoms with E-state index in [-0.39, 0.29) is 0 Å². The number of benzene rings is 7. The van der Waals surface area contributed by atoms with E-state index in [1.165, 1.54) is 22.2 Å². The van der Waals surface area contributed by atoms with Crippen molar-refractivity contribution in [3.63, 3.8) is 0 Å². The van der Waals surface area contributed by atoms with Gasteiger partial charge in [-0.25, -0.2) is 0 Å². The van der Waals surface area contributed by atoms with Crippen molar-refractivity contribution in [2.75, 3.05) is 9.80 Å². The van der Waals surface area contributed by atoms with Crippen LogP contribution in [-0.4, -0.2) is 0 Å². The van der Waals surface area contributed by atoms with E-state index in [4.69, 9.17) is 4.42 Å². The minimum absolute atomic E-state index is 0.899. The summed E-state index contributed by atoms with van der Waals surface area (Å²) in [6.07, 6.45) is 8.70. The molecule has 224 valence electrons. The van der Waals surface area contributed by atoms with Crippen molar-refractivity contribution >= 4 is 71.9 Å². The standard InChI is InChI=1S/C44H32N2O/c1-5-13-35(14-6-1)45(36-15-7-2-8-16-36)39-23-21-31-27-41-42-28-32-22-24-40(26-34(32)30-44(42)47-43(41)29-33(31)25-39)46(37-17-9-3-10-18-37)38-19-11-4-12-20-38/h1-11,13-19,21-30H,12,20H2. The maximum Gasteiger partial charge on any atom is 0.136 e. The third-order valence-corrected chi connectivity index (χ3v) is 9.19. The largest absolute Gasteiger partial charge is 0.456 e. The monoisotopic (exact) mass is 604 g/mol. The van der Waals surface area contributed by atoms with E-state index in [0.717, 1.165) is 68.3 Å². The summed E-state index contributed by atoms with van der Waals surface area (Å²) >= 11 is 0. The fourth-order valence-electron chi connectivity index (χ4n) is 6.95. The summed E-state index contributed by atoms with van der Waals surface area (Å²) < 4.78 is 6.59. The van der Waals surface area contributed by atoms with Crippen molar-refractivity contribution in [1.29, 1.82) is 0 Å². The smallest absolute Gasteiger partial charge is 0.136 e. The Hall–Kier alpha value is -6.06. The molecule has 0 atom stereocenters. The summed E-state index contributed by atoms with van der Waals surface area (Å²) in [7, 11) is 0. The lowest BCUT2D eigenvalue weighted by atomic mass is 10.0. The van der Waals surface area contributed by atoms with Crippen LogP contribution in [0.1, 0.15) is 12.8 Å². The molecule has 1 aliphatic carbocycles. The molecule has 47 heavy (non-hydrogen) atoms. The van der Waals surface area contributed by atoms with Gasteiger partial charge in [-0.15, -0.1) is 0 Å². The molecule has 0 N–H and O–H groups in total. The lowest BCUT2D eigenvalue weighted by molar-refractivity contribution is 0.670. The second kappa shape index (κ2) is 11.4. The molecular weight excluding hydrogens is 572 g/mol. The highest BCUT2D eigenvalue weighted by Crippen LogP contribution is 2.40. The van der Waals surface area contributed by atoms with Crippen LogP contribution in [-0.2, 0) is 0 Å². The first kappa shape index (κ1) is 27.3. The average molecular weight is 605 g/mol. The summed E-state index contributed by atoms with van der Waals surface area (Å²) in [4.78, 5) is 4.68. The number of hydrogen-bond donors (Lipinski definition) is 0. The van der Waals surface area contributed by atoms with Crippen LogP contribution < -0.4 is 9.80 Å². The zero-order valence-electron chi connectivity index (χ0n) is 25.9. The van der Waals surface area contributed by atoms with Crippen molar-refractivity contribution in [3.05, 3.63) is 176 Å². The maximum absolute atomic E-state index is 6.59. The van der Waals surface area contributed by atoms with Crippen molar-refractivity contribution in [1.82, 2.24) is 0 Å². The first-order valence-corrected chi connectivity index (χ1v) is 16.2. The van der Waals surface area contributed by atoms with Crippen LogP contribution in [0.4, 0.5) is 28.4 Å². The summed E-state index contributed by atoms with van der Waals surface area (Å²) in [6.45, 7) is 0. The molecule has 0 aliphatic heterocycles. The van der Waals surface area contributed by atoms with Gasteiger partial charge in [0.1, 0.15) is 11.2 Å². The molecule has 0 saturated heterocycles. The SMILES string of the molecule is C1=CCCC(N(c2ccccc2)c2ccc3cc4c(cc3c2)oc2cc3cc(N(c5ccccc5)c5ccccc5)ccc3cc24)=C1. The number of fused-ring (bicyclic) bond motifs is 5. The highest BCUT2D eigenvalue weighted by molar-refractivity contribution is 6.14. The van der Waals surface area contributed by atoms with Crippen molar-refractivity contribution in [2.24, 2.45) is 0 Å². The van der Waals surface area contributed by atoms with Gasteiger partial charge in [-0.3, -0.25) is 0 Å². The van der Waals surface area contributed by atoms with Crippen LogP contribution in [0.3, 0.4) is 0 Å². The molecule has 0 fully saturated rings. The number of nitrogens with zero attached hydrogens (tertiary/aromatic N) is 2. The van der Waals surface area contributed by atoms with Crippen LogP contribution in [0.5, 0.6) is 0 Å². The number of anilines is 5. The maximum atomic E-state index is 6.59. The average Bonchev–Trinajstić information content (AvgIpc) is 3.47. The van der Waals surface area contributed by atoms with Gasteiger partial charge in [0.05, 0.1) is 0 Å². The third kappa shape index (κ3) is 4.93. The van der Waals surface area contributed by atoms with Gasteiger partial charge in [-0.05, 0) is 125 Å².